The van der Waals surface area contributed by atoms with Gasteiger partial charge in [0.25, 0.3) is 21.9 Å². The molecule has 1 fully saturated rings. The predicted molar refractivity (Wildman–Crippen MR) is 131 cm³/mol. The number of hydrogen-bond acceptors (Lipinski definition) is 7. The van der Waals surface area contributed by atoms with Crippen LogP contribution < -0.4 is 4.90 Å². The Labute approximate surface area is 219 Å². The number of likely N-dealkylation sites (N-methyl/N-ethyl adjacent to an activating group) is 2. The second kappa shape index (κ2) is 11.1. The summed E-state index contributed by atoms with van der Waals surface area (Å²) in [7, 11) is -0.987. The molecule has 2 aliphatic heterocycles. The molecule has 0 unspecified atom stereocenters. The first-order valence-corrected chi connectivity index (χ1v) is 12.1. The van der Waals surface area contributed by atoms with Gasteiger partial charge in [-0.3, -0.25) is 23.9 Å². The summed E-state index contributed by atoms with van der Waals surface area (Å²) >= 11 is 6.59. The van der Waals surface area contributed by atoms with Crippen LogP contribution in [0.1, 0.15) is 6.42 Å². The summed E-state index contributed by atoms with van der Waals surface area (Å²) in [6, 6.07) is 7.73. The Morgan fingerprint density at radius 1 is 1.06 bits per heavy atom. The first-order chi connectivity index (χ1) is 14.6. The van der Waals surface area contributed by atoms with Gasteiger partial charge in [0.1, 0.15) is 5.57 Å². The average molecular weight is 504 g/mol. The van der Waals surface area contributed by atoms with Crippen LogP contribution in [0.15, 0.2) is 64.1 Å². The standard InChI is InChI=1S/C20H21N3O5S3.Na.H/c1-21-18(24)14(19(25)22(2)20(21)29)8-3-6-11-17-23(12-7-13-31(26,27)28)15-9-4-5-10-16(15)30-17;;/h3-6,8-11H,7,12-13H2,1-2H3,(H,26,27,28);;. The van der Waals surface area contributed by atoms with Gasteiger partial charge in [-0.1, -0.05) is 36.0 Å². The molecule has 3 rings (SSSR count). The Hall–Kier alpha value is -1.47. The number of para-hydroxylation sites is 1. The van der Waals surface area contributed by atoms with Gasteiger partial charge in [0, 0.05) is 25.5 Å². The Morgan fingerprint density at radius 3 is 2.28 bits per heavy atom. The number of allylic oxidation sites excluding steroid dienone is 4. The number of benzene rings is 1. The number of amides is 2. The third kappa shape index (κ3) is 6.10. The molecule has 0 atom stereocenters. The predicted octanol–water partition coefficient (Wildman–Crippen LogP) is 1.77. The normalized spacial score (nSPS) is 18.0. The van der Waals surface area contributed by atoms with Crippen LogP contribution in [0.3, 0.4) is 0 Å². The van der Waals surface area contributed by atoms with Crippen molar-refractivity contribution in [1.29, 1.82) is 0 Å². The molecule has 1 aromatic carbocycles. The fourth-order valence-corrected chi connectivity index (χ4v) is 4.86. The molecule has 0 spiro atoms. The quantitative estimate of drug-likeness (QED) is 0.206. The molecule has 32 heavy (non-hydrogen) atoms. The van der Waals surface area contributed by atoms with Crippen LogP contribution in [-0.2, 0) is 19.7 Å². The average Bonchev–Trinajstić information content (AvgIpc) is 3.07. The van der Waals surface area contributed by atoms with E-state index in [1.807, 2.05) is 35.2 Å². The van der Waals surface area contributed by atoms with E-state index in [1.165, 1.54) is 41.7 Å². The third-order valence-corrected chi connectivity index (χ3v) is 7.16. The molecule has 0 saturated carbocycles. The summed E-state index contributed by atoms with van der Waals surface area (Å²) in [4.78, 5) is 30.2. The topological polar surface area (TPSA) is 98.2 Å². The van der Waals surface area contributed by atoms with Crippen LogP contribution in [0.25, 0.3) is 0 Å². The number of anilines is 1. The van der Waals surface area contributed by atoms with Crippen molar-refractivity contribution in [1.82, 2.24) is 9.80 Å². The van der Waals surface area contributed by atoms with Gasteiger partial charge in [-0.05, 0) is 42.9 Å². The minimum atomic E-state index is -4.02. The van der Waals surface area contributed by atoms with E-state index in [2.05, 4.69) is 0 Å². The van der Waals surface area contributed by atoms with E-state index in [9.17, 15) is 18.0 Å². The molecule has 1 aromatic rings. The minimum absolute atomic E-state index is 0. The van der Waals surface area contributed by atoms with E-state index >= 15 is 0 Å². The second-order valence-electron chi connectivity index (χ2n) is 6.84. The molecule has 8 nitrogen and oxygen atoms in total. The molecule has 2 heterocycles. The van der Waals surface area contributed by atoms with Crippen molar-refractivity contribution in [3.63, 3.8) is 0 Å². The van der Waals surface area contributed by atoms with E-state index in [1.54, 1.807) is 12.2 Å². The third-order valence-electron chi connectivity index (χ3n) is 4.68. The second-order valence-corrected chi connectivity index (χ2v) is 9.84. The Bertz CT molecular complexity index is 1110. The summed E-state index contributed by atoms with van der Waals surface area (Å²) in [5, 5.41) is 1.02. The summed E-state index contributed by atoms with van der Waals surface area (Å²) in [6.07, 6.45) is 6.86. The van der Waals surface area contributed by atoms with E-state index in [4.69, 9.17) is 16.8 Å². The van der Waals surface area contributed by atoms with Crippen LogP contribution in [-0.4, -0.2) is 95.6 Å². The number of carbonyl (C=O) groups is 2. The molecule has 0 aromatic heterocycles. The van der Waals surface area contributed by atoms with Gasteiger partial charge in [-0.15, -0.1) is 0 Å². The maximum atomic E-state index is 12.3. The zero-order valence-electron chi connectivity index (χ0n) is 16.9. The summed E-state index contributed by atoms with van der Waals surface area (Å²) in [5.74, 6) is -1.24. The van der Waals surface area contributed by atoms with Crippen LogP contribution in [0, 0.1) is 0 Å². The summed E-state index contributed by atoms with van der Waals surface area (Å²) < 4.78 is 31.1. The van der Waals surface area contributed by atoms with Gasteiger partial charge in [-0.2, -0.15) is 8.42 Å². The Balaban J connectivity index is 0.00000363. The zero-order chi connectivity index (χ0) is 22.8. The van der Waals surface area contributed by atoms with Crippen molar-refractivity contribution in [2.45, 2.75) is 11.3 Å². The molecule has 2 amide bonds. The van der Waals surface area contributed by atoms with Crippen LogP contribution in [0.2, 0.25) is 0 Å². The van der Waals surface area contributed by atoms with E-state index in [0.717, 1.165) is 15.6 Å². The van der Waals surface area contributed by atoms with Crippen LogP contribution >= 0.6 is 24.0 Å². The van der Waals surface area contributed by atoms with Gasteiger partial charge >= 0.3 is 29.6 Å². The van der Waals surface area contributed by atoms with E-state index < -0.39 is 21.9 Å². The van der Waals surface area contributed by atoms with E-state index in [0.29, 0.717) is 6.54 Å². The first kappa shape index (κ1) is 26.8. The maximum absolute atomic E-state index is 12.3. The SMILES string of the molecule is CN1C(=O)C(=CC=CC=C2Sc3ccccc3N2CCCS(=O)(=O)O)C(=O)N(C)C1=S.[NaH]. The number of thioether (sulfide) groups is 1. The van der Waals surface area contributed by atoms with Crippen molar-refractivity contribution in [3.8, 4) is 0 Å². The molecular formula is C20H22N3NaO5S3. The molecule has 1 N–H and O–H groups in total. The monoisotopic (exact) mass is 503 g/mol. The zero-order valence-corrected chi connectivity index (χ0v) is 19.3. The number of thiocarbonyl (C=S) groups is 1. The molecular weight excluding hydrogens is 481 g/mol. The Morgan fingerprint density at radius 2 is 1.66 bits per heavy atom. The van der Waals surface area contributed by atoms with Gasteiger partial charge in [0.15, 0.2) is 5.11 Å². The summed E-state index contributed by atoms with van der Waals surface area (Å²) in [5.41, 5.74) is 0.968. The molecule has 2 aliphatic rings. The summed E-state index contributed by atoms with van der Waals surface area (Å²) in [6.45, 7) is 0.411. The number of fused-ring (bicyclic) bond motifs is 1. The molecule has 0 bridgehead atoms. The van der Waals surface area contributed by atoms with Gasteiger partial charge < -0.3 is 4.90 Å². The van der Waals surface area contributed by atoms with Crippen molar-refractivity contribution in [2.75, 3.05) is 31.3 Å². The molecule has 166 valence electrons. The van der Waals surface area contributed by atoms with Crippen molar-refractivity contribution < 1.29 is 22.6 Å². The van der Waals surface area contributed by atoms with Crippen molar-refractivity contribution in [2.24, 2.45) is 0 Å². The fraction of sp³-hybridized carbons (Fsp3) is 0.250. The van der Waals surface area contributed by atoms with Gasteiger partial charge in [0.05, 0.1) is 16.5 Å². The van der Waals surface area contributed by atoms with Crippen molar-refractivity contribution >= 4 is 86.3 Å². The number of carbonyl (C=O) groups excluding carboxylic acids is 2. The van der Waals surface area contributed by atoms with E-state index in [-0.39, 0.29) is 52.4 Å². The Kier molecular flexibility index (Phi) is 9.29. The number of rotatable bonds is 6. The molecule has 1 saturated heterocycles. The van der Waals surface area contributed by atoms with Crippen molar-refractivity contribution in [3.05, 3.63) is 59.2 Å². The number of hydrogen-bond donors (Lipinski definition) is 1. The van der Waals surface area contributed by atoms with Crippen LogP contribution in [0.5, 0.6) is 0 Å². The van der Waals surface area contributed by atoms with Crippen LogP contribution in [0.4, 0.5) is 5.69 Å². The first-order valence-electron chi connectivity index (χ1n) is 9.28. The van der Waals surface area contributed by atoms with Gasteiger partial charge in [-0.25, -0.2) is 0 Å². The fourth-order valence-electron chi connectivity index (χ4n) is 3.10. The molecule has 0 radical (unpaired) electrons. The molecule has 12 heteroatoms. The van der Waals surface area contributed by atoms with Gasteiger partial charge in [0.2, 0.25) is 0 Å². The molecule has 0 aliphatic carbocycles. The number of nitrogens with zero attached hydrogens (tertiary/aromatic N) is 3.